The second kappa shape index (κ2) is 6.17. The van der Waals surface area contributed by atoms with Crippen LogP contribution in [0.1, 0.15) is 25.6 Å². The lowest BCUT2D eigenvalue weighted by atomic mass is 9.81. The molecule has 2 N–H and O–H groups in total. The van der Waals surface area contributed by atoms with Crippen LogP contribution >= 0.6 is 0 Å². The molecule has 1 amide bonds. The van der Waals surface area contributed by atoms with Gasteiger partial charge in [-0.3, -0.25) is 4.79 Å². The number of aromatic nitrogens is 2. The van der Waals surface area contributed by atoms with Crippen LogP contribution in [0.4, 0.5) is 5.82 Å². The molecular weight excluding hydrogens is 256 g/mol. The summed E-state index contributed by atoms with van der Waals surface area (Å²) in [7, 11) is 0. The van der Waals surface area contributed by atoms with E-state index in [2.05, 4.69) is 20.2 Å². The third-order valence-corrected chi connectivity index (χ3v) is 3.73. The Bertz CT molecular complexity index is 480. The molecule has 6 heteroatoms. The first-order chi connectivity index (χ1) is 9.55. The second-order valence-corrected chi connectivity index (χ2v) is 5.53. The zero-order chi connectivity index (χ0) is 14.6. The monoisotopic (exact) mass is 278 g/mol. The Morgan fingerprint density at radius 3 is 3.10 bits per heavy atom. The van der Waals surface area contributed by atoms with Crippen LogP contribution in [0.15, 0.2) is 12.3 Å². The van der Waals surface area contributed by atoms with Gasteiger partial charge in [0.25, 0.3) is 0 Å². The van der Waals surface area contributed by atoms with Gasteiger partial charge in [0, 0.05) is 25.8 Å². The van der Waals surface area contributed by atoms with Crippen molar-refractivity contribution in [2.24, 2.45) is 5.41 Å². The number of piperidine rings is 1. The van der Waals surface area contributed by atoms with E-state index in [-0.39, 0.29) is 12.5 Å². The molecule has 20 heavy (non-hydrogen) atoms. The number of carbonyl (C=O) groups is 1. The lowest BCUT2D eigenvalue weighted by Gasteiger charge is -2.39. The minimum absolute atomic E-state index is 0.00188. The molecule has 0 spiro atoms. The fraction of sp³-hybridized carbons (Fsp3) is 0.643. The van der Waals surface area contributed by atoms with Gasteiger partial charge in [-0.15, -0.1) is 0 Å². The zero-order valence-corrected chi connectivity index (χ0v) is 12.1. The number of hydrogen-bond donors (Lipinski definition) is 2. The van der Waals surface area contributed by atoms with Crippen LogP contribution in [0.5, 0.6) is 0 Å². The molecule has 1 aromatic heterocycles. The van der Waals surface area contributed by atoms with Crippen LogP contribution in [0.2, 0.25) is 0 Å². The zero-order valence-electron chi connectivity index (χ0n) is 12.1. The highest BCUT2D eigenvalue weighted by molar-refractivity contribution is 5.83. The van der Waals surface area contributed by atoms with E-state index in [0.717, 1.165) is 31.0 Å². The van der Waals surface area contributed by atoms with Gasteiger partial charge in [0.2, 0.25) is 5.91 Å². The minimum Gasteiger partial charge on any atom is -0.395 e. The van der Waals surface area contributed by atoms with Gasteiger partial charge in [-0.2, -0.15) is 0 Å². The van der Waals surface area contributed by atoms with E-state index in [1.54, 1.807) is 6.20 Å². The molecular formula is C14H22N4O2. The molecule has 0 saturated carbocycles. The van der Waals surface area contributed by atoms with Gasteiger partial charge in [-0.1, -0.05) is 0 Å². The number of amides is 1. The maximum atomic E-state index is 12.2. The van der Waals surface area contributed by atoms with Crippen molar-refractivity contribution >= 4 is 11.7 Å². The Balaban J connectivity index is 2.09. The third kappa shape index (κ3) is 3.25. The number of anilines is 1. The van der Waals surface area contributed by atoms with Gasteiger partial charge in [-0.25, -0.2) is 9.97 Å². The van der Waals surface area contributed by atoms with E-state index in [4.69, 9.17) is 5.11 Å². The maximum absolute atomic E-state index is 12.2. The lowest BCUT2D eigenvalue weighted by Crippen LogP contribution is -2.51. The van der Waals surface area contributed by atoms with Gasteiger partial charge >= 0.3 is 0 Å². The molecule has 0 unspecified atom stereocenters. The molecule has 1 atom stereocenters. The highest BCUT2D eigenvalue weighted by Crippen LogP contribution is 2.31. The number of aliphatic hydroxyl groups excluding tert-OH is 1. The molecule has 110 valence electrons. The Morgan fingerprint density at radius 1 is 1.60 bits per heavy atom. The minimum atomic E-state index is -0.438. The number of aryl methyl sites for hydroxylation is 1. The van der Waals surface area contributed by atoms with Crippen LogP contribution in [-0.2, 0) is 4.79 Å². The summed E-state index contributed by atoms with van der Waals surface area (Å²) >= 11 is 0. The first-order valence-corrected chi connectivity index (χ1v) is 6.99. The largest absolute Gasteiger partial charge is 0.395 e. The molecule has 2 rings (SSSR count). The van der Waals surface area contributed by atoms with E-state index < -0.39 is 5.41 Å². The van der Waals surface area contributed by atoms with E-state index in [1.807, 2.05) is 19.9 Å². The Morgan fingerprint density at radius 2 is 2.40 bits per heavy atom. The predicted molar refractivity (Wildman–Crippen MR) is 76.4 cm³/mol. The number of carbonyl (C=O) groups excluding carboxylic acids is 1. The van der Waals surface area contributed by atoms with Gasteiger partial charge in [0.05, 0.1) is 12.0 Å². The molecule has 0 radical (unpaired) electrons. The van der Waals surface area contributed by atoms with Crippen LogP contribution in [-0.4, -0.2) is 47.2 Å². The fourth-order valence-corrected chi connectivity index (χ4v) is 2.62. The molecule has 2 heterocycles. The van der Waals surface area contributed by atoms with Crippen molar-refractivity contribution in [1.82, 2.24) is 15.3 Å². The summed E-state index contributed by atoms with van der Waals surface area (Å²) in [6.07, 6.45) is 3.55. The molecule has 0 bridgehead atoms. The molecule has 6 nitrogen and oxygen atoms in total. The van der Waals surface area contributed by atoms with E-state index in [9.17, 15) is 4.79 Å². The van der Waals surface area contributed by atoms with Crippen molar-refractivity contribution in [1.29, 1.82) is 0 Å². The van der Waals surface area contributed by atoms with Crippen molar-refractivity contribution in [3.8, 4) is 0 Å². The molecule has 1 aliphatic heterocycles. The molecule has 1 aromatic rings. The molecule has 0 aromatic carbocycles. The quantitative estimate of drug-likeness (QED) is 0.838. The summed E-state index contributed by atoms with van der Waals surface area (Å²) in [4.78, 5) is 22.9. The van der Waals surface area contributed by atoms with Gasteiger partial charge in [0.15, 0.2) is 0 Å². The second-order valence-electron chi connectivity index (χ2n) is 5.53. The summed E-state index contributed by atoms with van der Waals surface area (Å²) in [5.74, 6) is 1.61. The van der Waals surface area contributed by atoms with Crippen molar-refractivity contribution in [2.45, 2.75) is 26.7 Å². The predicted octanol–water partition coefficient (Wildman–Crippen LogP) is 0.500. The summed E-state index contributed by atoms with van der Waals surface area (Å²) in [5.41, 5.74) is -0.438. The molecule has 0 aliphatic carbocycles. The van der Waals surface area contributed by atoms with Crippen LogP contribution in [0.3, 0.4) is 0 Å². The SMILES string of the molecule is Cc1nccc(N2CCC[C@](C)(C(=O)NCCO)C2)n1. The number of aliphatic hydroxyl groups is 1. The number of hydrogen-bond acceptors (Lipinski definition) is 5. The molecule has 1 saturated heterocycles. The van der Waals surface area contributed by atoms with Crippen molar-refractivity contribution in [3.63, 3.8) is 0 Å². The highest BCUT2D eigenvalue weighted by atomic mass is 16.3. The van der Waals surface area contributed by atoms with Crippen LogP contribution < -0.4 is 10.2 Å². The van der Waals surface area contributed by atoms with Gasteiger partial charge in [0.1, 0.15) is 11.6 Å². The molecule has 1 aliphatic rings. The number of rotatable bonds is 4. The van der Waals surface area contributed by atoms with Crippen molar-refractivity contribution in [2.75, 3.05) is 31.1 Å². The first kappa shape index (κ1) is 14.7. The van der Waals surface area contributed by atoms with Gasteiger partial charge < -0.3 is 15.3 Å². The van der Waals surface area contributed by atoms with Crippen molar-refractivity contribution < 1.29 is 9.90 Å². The number of nitrogens with zero attached hydrogens (tertiary/aromatic N) is 3. The standard InChI is InChI=1S/C14H22N4O2/c1-11-15-6-4-12(17-11)18-8-3-5-14(2,10-18)13(20)16-7-9-19/h4,6,19H,3,5,7-10H2,1-2H3,(H,16,20)/t14-/m0/s1. The van der Waals surface area contributed by atoms with Gasteiger partial charge in [-0.05, 0) is 32.8 Å². The van der Waals surface area contributed by atoms with E-state index in [0.29, 0.717) is 13.1 Å². The highest BCUT2D eigenvalue weighted by Gasteiger charge is 2.38. The Kier molecular flexibility index (Phi) is 4.54. The molecule has 1 fully saturated rings. The summed E-state index contributed by atoms with van der Waals surface area (Å²) in [5, 5.41) is 11.6. The maximum Gasteiger partial charge on any atom is 0.227 e. The van der Waals surface area contributed by atoms with E-state index in [1.165, 1.54) is 0 Å². The smallest absolute Gasteiger partial charge is 0.227 e. The fourth-order valence-electron chi connectivity index (χ4n) is 2.62. The summed E-state index contributed by atoms with van der Waals surface area (Å²) < 4.78 is 0. The summed E-state index contributed by atoms with van der Waals surface area (Å²) in [6.45, 7) is 5.65. The van der Waals surface area contributed by atoms with Crippen molar-refractivity contribution in [3.05, 3.63) is 18.1 Å². The van der Waals surface area contributed by atoms with Crippen LogP contribution in [0.25, 0.3) is 0 Å². The summed E-state index contributed by atoms with van der Waals surface area (Å²) in [6, 6.07) is 1.88. The Labute approximate surface area is 119 Å². The van der Waals surface area contributed by atoms with Crippen LogP contribution in [0, 0.1) is 12.3 Å². The normalized spacial score (nSPS) is 22.6. The lowest BCUT2D eigenvalue weighted by molar-refractivity contribution is -0.130. The number of nitrogens with one attached hydrogen (secondary N) is 1. The van der Waals surface area contributed by atoms with E-state index >= 15 is 0 Å². The Hall–Kier alpha value is -1.69. The first-order valence-electron chi connectivity index (χ1n) is 6.99. The third-order valence-electron chi connectivity index (χ3n) is 3.73. The average Bonchev–Trinajstić information content (AvgIpc) is 2.44. The topological polar surface area (TPSA) is 78.4 Å². The average molecular weight is 278 g/mol.